The van der Waals surface area contributed by atoms with Crippen LogP contribution in [0.4, 0.5) is 5.95 Å². The summed E-state index contributed by atoms with van der Waals surface area (Å²) < 4.78 is 25.1. The first kappa shape index (κ1) is 23.0. The van der Waals surface area contributed by atoms with Gasteiger partial charge in [-0.15, -0.1) is 0 Å². The van der Waals surface area contributed by atoms with Gasteiger partial charge in [0.2, 0.25) is 27.8 Å². The van der Waals surface area contributed by atoms with E-state index in [1.807, 2.05) is 37.3 Å². The van der Waals surface area contributed by atoms with Gasteiger partial charge in [0.25, 0.3) is 0 Å². The fourth-order valence-electron chi connectivity index (χ4n) is 3.73. The molecule has 2 heterocycles. The first-order valence-corrected chi connectivity index (χ1v) is 12.2. The number of H-pyrrole nitrogens is 1. The molecule has 1 aromatic heterocycles. The molecule has 0 aliphatic carbocycles. The molecule has 3 N–H and O–H groups in total. The lowest BCUT2D eigenvalue weighted by Crippen LogP contribution is -2.48. The Labute approximate surface area is 182 Å². The van der Waals surface area contributed by atoms with Crippen LogP contribution >= 0.6 is 0 Å². The molecule has 3 rings (SSSR count). The van der Waals surface area contributed by atoms with Gasteiger partial charge in [-0.25, -0.2) is 17.7 Å². The van der Waals surface area contributed by atoms with Crippen molar-refractivity contribution in [3.63, 3.8) is 0 Å². The molecule has 1 fully saturated rings. The van der Waals surface area contributed by atoms with Gasteiger partial charge in [0.1, 0.15) is 0 Å². The molecule has 168 valence electrons. The van der Waals surface area contributed by atoms with Crippen LogP contribution in [0.2, 0.25) is 0 Å². The van der Waals surface area contributed by atoms with Crippen LogP contribution in [0.25, 0.3) is 0 Å². The van der Waals surface area contributed by atoms with E-state index in [1.165, 1.54) is 4.31 Å². The van der Waals surface area contributed by atoms with E-state index in [0.717, 1.165) is 17.5 Å². The summed E-state index contributed by atoms with van der Waals surface area (Å²) in [6.07, 6.45) is 4.59. The Bertz CT molecular complexity index is 1010. The second-order valence-electron chi connectivity index (χ2n) is 8.02. The molecular formula is C21H29N5O4S. The second-order valence-corrected chi connectivity index (χ2v) is 10.0. The molecule has 0 bridgehead atoms. The molecule has 1 saturated heterocycles. The third-order valence-electron chi connectivity index (χ3n) is 5.29. The predicted octanol–water partition coefficient (Wildman–Crippen LogP) is 1.45. The minimum atomic E-state index is -3.34. The monoisotopic (exact) mass is 447 g/mol. The summed E-state index contributed by atoms with van der Waals surface area (Å²) in [7, 11) is -3.34. The first-order valence-electron chi connectivity index (χ1n) is 10.3. The number of nitrogens with one attached hydrogen (secondary N) is 3. The summed E-state index contributed by atoms with van der Waals surface area (Å²) in [6, 6.07) is 9.18. The summed E-state index contributed by atoms with van der Waals surface area (Å²) in [6.45, 7) is 2.44. The average molecular weight is 448 g/mol. The number of nitrogens with zero attached hydrogens (tertiary/aromatic N) is 2. The van der Waals surface area contributed by atoms with Crippen molar-refractivity contribution in [3.8, 4) is 0 Å². The third kappa shape index (κ3) is 6.90. The molecule has 1 aliphatic rings. The Balaban J connectivity index is 1.66. The Hall–Kier alpha value is -2.72. The van der Waals surface area contributed by atoms with E-state index in [0.29, 0.717) is 31.8 Å². The highest BCUT2D eigenvalue weighted by molar-refractivity contribution is 7.88. The second kappa shape index (κ2) is 10.1. The number of sulfonamides is 1. The number of amides is 2. The largest absolute Gasteiger partial charge is 0.352 e. The quantitative estimate of drug-likeness (QED) is 0.565. The van der Waals surface area contributed by atoms with Gasteiger partial charge in [-0.05, 0) is 31.7 Å². The van der Waals surface area contributed by atoms with E-state index < -0.39 is 22.0 Å². The highest BCUT2D eigenvalue weighted by Crippen LogP contribution is 2.19. The highest BCUT2D eigenvalue weighted by Gasteiger charge is 2.31. The predicted molar refractivity (Wildman–Crippen MR) is 118 cm³/mol. The van der Waals surface area contributed by atoms with Crippen LogP contribution in [-0.4, -0.2) is 59.9 Å². The summed E-state index contributed by atoms with van der Waals surface area (Å²) >= 11 is 0. The Morgan fingerprint density at radius 2 is 2.03 bits per heavy atom. The molecule has 10 heteroatoms. The van der Waals surface area contributed by atoms with Gasteiger partial charge in [0.05, 0.1) is 12.2 Å². The van der Waals surface area contributed by atoms with Crippen molar-refractivity contribution in [2.75, 3.05) is 24.7 Å². The van der Waals surface area contributed by atoms with E-state index in [2.05, 4.69) is 20.6 Å². The zero-order chi connectivity index (χ0) is 22.4. The van der Waals surface area contributed by atoms with Gasteiger partial charge in [-0.2, -0.15) is 0 Å². The van der Waals surface area contributed by atoms with Crippen molar-refractivity contribution in [1.82, 2.24) is 19.6 Å². The molecule has 9 nitrogen and oxygen atoms in total. The number of anilines is 1. The number of carbonyl (C=O) groups is 2. The zero-order valence-electron chi connectivity index (χ0n) is 17.8. The van der Waals surface area contributed by atoms with Crippen molar-refractivity contribution in [1.29, 1.82) is 0 Å². The van der Waals surface area contributed by atoms with E-state index in [-0.39, 0.29) is 24.8 Å². The van der Waals surface area contributed by atoms with Gasteiger partial charge in [0, 0.05) is 37.4 Å². The number of aromatic amines is 1. The van der Waals surface area contributed by atoms with Crippen LogP contribution in [0.5, 0.6) is 0 Å². The molecule has 0 radical (unpaired) electrons. The van der Waals surface area contributed by atoms with Crippen LogP contribution in [0.15, 0.2) is 36.5 Å². The van der Waals surface area contributed by atoms with E-state index >= 15 is 0 Å². The number of aromatic nitrogens is 2. The maximum atomic E-state index is 12.9. The van der Waals surface area contributed by atoms with Crippen molar-refractivity contribution < 1.29 is 18.0 Å². The number of piperidine rings is 1. The van der Waals surface area contributed by atoms with Gasteiger partial charge < -0.3 is 10.3 Å². The summed E-state index contributed by atoms with van der Waals surface area (Å²) in [4.78, 5) is 32.5. The SMILES string of the molecule is Cc1cnc(NC(=O)C[C@H](Cc2ccccc2)NC(=O)C2CCCN(S(C)(=O)=O)C2)[nH]1. The molecule has 1 aromatic carbocycles. The standard InChI is InChI=1S/C21H29N5O4S/c1-15-13-22-21(23-15)25-19(27)12-18(11-16-7-4-3-5-8-16)24-20(28)17-9-6-10-26(14-17)31(2,29)30/h3-5,7-8,13,17-18H,6,9-12,14H2,1-2H3,(H,24,28)(H2,22,23,25,27)/t17?,18-/m0/s1. The molecular weight excluding hydrogens is 418 g/mol. The van der Waals surface area contributed by atoms with Gasteiger partial charge in [0.15, 0.2) is 0 Å². The number of imidazole rings is 1. The van der Waals surface area contributed by atoms with E-state index in [1.54, 1.807) is 6.20 Å². The van der Waals surface area contributed by atoms with Crippen LogP contribution in [0, 0.1) is 12.8 Å². The van der Waals surface area contributed by atoms with Crippen molar-refractivity contribution in [2.24, 2.45) is 5.92 Å². The number of carbonyl (C=O) groups excluding carboxylic acids is 2. The maximum absolute atomic E-state index is 12.9. The van der Waals surface area contributed by atoms with Crippen molar-refractivity contribution >= 4 is 27.8 Å². The molecule has 31 heavy (non-hydrogen) atoms. The number of rotatable bonds is 8. The summed E-state index contributed by atoms with van der Waals surface area (Å²) in [5.74, 6) is -0.561. The Morgan fingerprint density at radius 1 is 1.29 bits per heavy atom. The van der Waals surface area contributed by atoms with Crippen molar-refractivity contribution in [2.45, 2.75) is 38.6 Å². The van der Waals surface area contributed by atoms with Gasteiger partial charge in [-0.3, -0.25) is 14.9 Å². The smallest absolute Gasteiger partial charge is 0.228 e. The minimum Gasteiger partial charge on any atom is -0.352 e. The Morgan fingerprint density at radius 3 is 2.68 bits per heavy atom. The highest BCUT2D eigenvalue weighted by atomic mass is 32.2. The van der Waals surface area contributed by atoms with Crippen LogP contribution in [0.1, 0.15) is 30.5 Å². The minimum absolute atomic E-state index is 0.0723. The number of hydrogen-bond donors (Lipinski definition) is 3. The fourth-order valence-corrected chi connectivity index (χ4v) is 4.64. The lowest BCUT2D eigenvalue weighted by molar-refractivity contribution is -0.127. The van der Waals surface area contributed by atoms with Gasteiger partial charge >= 0.3 is 0 Å². The van der Waals surface area contributed by atoms with Crippen molar-refractivity contribution in [3.05, 3.63) is 47.8 Å². The maximum Gasteiger partial charge on any atom is 0.228 e. The van der Waals surface area contributed by atoms with Crippen LogP contribution < -0.4 is 10.6 Å². The number of aryl methyl sites for hydroxylation is 1. The van der Waals surface area contributed by atoms with Crippen LogP contribution in [0.3, 0.4) is 0 Å². The fraction of sp³-hybridized carbons (Fsp3) is 0.476. The summed E-state index contributed by atoms with van der Waals surface area (Å²) in [5, 5.41) is 5.69. The topological polar surface area (TPSA) is 124 Å². The van der Waals surface area contributed by atoms with E-state index in [4.69, 9.17) is 0 Å². The molecule has 2 amide bonds. The summed E-state index contributed by atoms with van der Waals surface area (Å²) in [5.41, 5.74) is 1.83. The lowest BCUT2D eigenvalue weighted by Gasteiger charge is -2.31. The zero-order valence-corrected chi connectivity index (χ0v) is 18.6. The van der Waals surface area contributed by atoms with E-state index in [9.17, 15) is 18.0 Å². The number of benzene rings is 1. The third-order valence-corrected chi connectivity index (χ3v) is 6.56. The molecule has 0 saturated carbocycles. The first-order chi connectivity index (χ1) is 14.7. The van der Waals surface area contributed by atoms with Gasteiger partial charge in [-0.1, -0.05) is 30.3 Å². The molecule has 1 unspecified atom stereocenters. The lowest BCUT2D eigenvalue weighted by atomic mass is 9.97. The Kier molecular flexibility index (Phi) is 7.45. The molecule has 1 aliphatic heterocycles. The normalized spacial score (nSPS) is 18.3. The average Bonchev–Trinajstić information content (AvgIpc) is 3.12. The number of hydrogen-bond acceptors (Lipinski definition) is 5. The molecule has 2 aromatic rings. The molecule has 0 spiro atoms. The molecule has 2 atom stereocenters. The van der Waals surface area contributed by atoms with Crippen LogP contribution in [-0.2, 0) is 26.0 Å².